The van der Waals surface area contributed by atoms with E-state index in [1.807, 2.05) is 12.1 Å². The molecule has 6 nitrogen and oxygen atoms in total. The summed E-state index contributed by atoms with van der Waals surface area (Å²) in [6, 6.07) is 12.8. The van der Waals surface area contributed by atoms with E-state index in [0.29, 0.717) is 18.7 Å². The topological polar surface area (TPSA) is 91.8 Å². The highest BCUT2D eigenvalue weighted by molar-refractivity contribution is 7.90. The van der Waals surface area contributed by atoms with E-state index >= 15 is 0 Å². The van der Waals surface area contributed by atoms with E-state index in [1.165, 1.54) is 12.1 Å². The number of carboxylic acid groups (broad SMARTS) is 1. The van der Waals surface area contributed by atoms with Crippen LogP contribution >= 0.6 is 0 Å². The molecule has 2 aromatic carbocycles. The fraction of sp³-hybridized carbons (Fsp3) is 0.300. The average molecular weight is 387 g/mol. The third-order valence-electron chi connectivity index (χ3n) is 4.87. The second-order valence-electron chi connectivity index (χ2n) is 6.81. The van der Waals surface area contributed by atoms with Crippen LogP contribution in [0.1, 0.15) is 45.0 Å². The minimum Gasteiger partial charge on any atom is -0.478 e. The van der Waals surface area contributed by atoms with Gasteiger partial charge in [-0.2, -0.15) is 0 Å². The molecule has 1 aliphatic heterocycles. The molecule has 7 heteroatoms. The minimum atomic E-state index is -3.29. The first-order chi connectivity index (χ1) is 12.8. The van der Waals surface area contributed by atoms with Crippen LogP contribution in [0.4, 0.5) is 0 Å². The highest BCUT2D eigenvalue weighted by Crippen LogP contribution is 2.28. The number of nitrogens with zero attached hydrogens (tertiary/aromatic N) is 1. The Morgan fingerprint density at radius 1 is 1.00 bits per heavy atom. The Morgan fingerprint density at radius 3 is 2.15 bits per heavy atom. The van der Waals surface area contributed by atoms with Crippen LogP contribution in [-0.2, 0) is 9.84 Å². The first-order valence-electron chi connectivity index (χ1n) is 8.68. The molecule has 1 amide bonds. The van der Waals surface area contributed by atoms with E-state index in [-0.39, 0.29) is 22.3 Å². The smallest absolute Gasteiger partial charge is 0.335 e. The monoisotopic (exact) mass is 387 g/mol. The van der Waals surface area contributed by atoms with Crippen molar-refractivity contribution in [2.75, 3.05) is 19.3 Å². The van der Waals surface area contributed by atoms with Gasteiger partial charge in [0.2, 0.25) is 0 Å². The highest BCUT2D eigenvalue weighted by atomic mass is 32.2. The lowest BCUT2D eigenvalue weighted by molar-refractivity contribution is 0.0693. The van der Waals surface area contributed by atoms with Gasteiger partial charge >= 0.3 is 5.97 Å². The number of likely N-dealkylation sites (tertiary alicyclic amines) is 1. The number of rotatable bonds is 4. The number of sulfone groups is 1. The molecule has 1 aliphatic rings. The van der Waals surface area contributed by atoms with Gasteiger partial charge in [-0.05, 0) is 54.8 Å². The predicted octanol–water partition coefficient (Wildman–Crippen LogP) is 2.81. The van der Waals surface area contributed by atoms with Gasteiger partial charge in [-0.3, -0.25) is 4.79 Å². The molecule has 0 spiro atoms. The third-order valence-corrected chi connectivity index (χ3v) is 6.00. The van der Waals surface area contributed by atoms with E-state index < -0.39 is 15.8 Å². The molecular formula is C20H21NO5S. The van der Waals surface area contributed by atoms with Crippen LogP contribution in [0.3, 0.4) is 0 Å². The zero-order valence-corrected chi connectivity index (χ0v) is 15.8. The molecule has 1 unspecified atom stereocenters. The number of benzene rings is 2. The minimum absolute atomic E-state index is 0.123. The molecular weight excluding hydrogens is 366 g/mol. The van der Waals surface area contributed by atoms with E-state index in [1.54, 1.807) is 29.2 Å². The Morgan fingerprint density at radius 2 is 1.59 bits per heavy atom. The molecule has 0 radical (unpaired) electrons. The Bertz CT molecular complexity index is 949. The number of carboxylic acids is 1. The summed E-state index contributed by atoms with van der Waals surface area (Å²) >= 11 is 0. The number of hydrogen-bond donors (Lipinski definition) is 1. The van der Waals surface area contributed by atoms with Gasteiger partial charge in [-0.1, -0.05) is 12.1 Å². The van der Waals surface area contributed by atoms with Crippen LogP contribution in [0.5, 0.6) is 0 Å². The molecule has 27 heavy (non-hydrogen) atoms. The maximum atomic E-state index is 12.8. The van der Waals surface area contributed by atoms with Crippen molar-refractivity contribution < 1.29 is 23.1 Å². The van der Waals surface area contributed by atoms with Gasteiger partial charge < -0.3 is 10.0 Å². The summed E-state index contributed by atoms with van der Waals surface area (Å²) in [4.78, 5) is 25.7. The Hall–Kier alpha value is -2.67. The van der Waals surface area contributed by atoms with Gasteiger partial charge in [0.25, 0.3) is 5.91 Å². The first-order valence-corrected chi connectivity index (χ1v) is 10.6. The lowest BCUT2D eigenvalue weighted by Gasteiger charge is -2.33. The summed E-state index contributed by atoms with van der Waals surface area (Å²) in [5.41, 5.74) is 1.72. The standard InChI is InChI=1S/C20H21NO5S/c1-27(25,26)18-10-8-15(9-11-18)19(22)21-12-2-3-17(13-21)14-4-6-16(7-5-14)20(23)24/h4-11,17H,2-3,12-13H2,1H3,(H,23,24). The van der Waals surface area contributed by atoms with Gasteiger partial charge in [-0.15, -0.1) is 0 Å². The summed E-state index contributed by atoms with van der Waals surface area (Å²) in [7, 11) is -3.29. The summed E-state index contributed by atoms with van der Waals surface area (Å²) in [5, 5.41) is 9.01. The summed E-state index contributed by atoms with van der Waals surface area (Å²) < 4.78 is 23.1. The van der Waals surface area contributed by atoms with Crippen molar-refractivity contribution >= 4 is 21.7 Å². The molecule has 0 saturated carbocycles. The molecule has 142 valence electrons. The molecule has 1 heterocycles. The second kappa shape index (κ2) is 7.52. The average Bonchev–Trinajstić information content (AvgIpc) is 2.67. The summed E-state index contributed by atoms with van der Waals surface area (Å²) in [5.74, 6) is -0.928. The van der Waals surface area contributed by atoms with Crippen LogP contribution in [0.2, 0.25) is 0 Å². The Kier molecular flexibility index (Phi) is 5.32. The van der Waals surface area contributed by atoms with Crippen LogP contribution < -0.4 is 0 Å². The molecule has 0 bridgehead atoms. The third kappa shape index (κ3) is 4.36. The summed E-state index contributed by atoms with van der Waals surface area (Å²) in [6.45, 7) is 1.20. The van der Waals surface area contributed by atoms with E-state index in [9.17, 15) is 18.0 Å². The molecule has 1 saturated heterocycles. The van der Waals surface area contributed by atoms with Crippen LogP contribution in [0.15, 0.2) is 53.4 Å². The van der Waals surface area contributed by atoms with Crippen molar-refractivity contribution in [1.82, 2.24) is 4.90 Å². The lowest BCUT2D eigenvalue weighted by atomic mass is 9.90. The second-order valence-corrected chi connectivity index (χ2v) is 8.83. The van der Waals surface area contributed by atoms with Crippen LogP contribution in [-0.4, -0.2) is 49.6 Å². The first kappa shape index (κ1) is 19.1. The van der Waals surface area contributed by atoms with Gasteiger partial charge in [-0.25, -0.2) is 13.2 Å². The predicted molar refractivity (Wildman–Crippen MR) is 101 cm³/mol. The fourth-order valence-electron chi connectivity index (χ4n) is 3.36. The van der Waals surface area contributed by atoms with Gasteiger partial charge in [0.1, 0.15) is 0 Å². The van der Waals surface area contributed by atoms with Crippen molar-refractivity contribution in [3.63, 3.8) is 0 Å². The number of amides is 1. The molecule has 3 rings (SSSR count). The highest BCUT2D eigenvalue weighted by Gasteiger charge is 2.25. The molecule has 0 aliphatic carbocycles. The van der Waals surface area contributed by atoms with Crippen molar-refractivity contribution in [1.29, 1.82) is 0 Å². The van der Waals surface area contributed by atoms with E-state index in [2.05, 4.69) is 0 Å². The Labute approximate surface area is 158 Å². The van der Waals surface area contributed by atoms with Crippen molar-refractivity contribution in [2.24, 2.45) is 0 Å². The van der Waals surface area contributed by atoms with Crippen LogP contribution in [0, 0.1) is 0 Å². The van der Waals surface area contributed by atoms with Gasteiger partial charge in [0, 0.05) is 30.8 Å². The molecule has 1 N–H and O–H groups in total. The number of piperidine rings is 1. The zero-order chi connectivity index (χ0) is 19.6. The van der Waals surface area contributed by atoms with Crippen molar-refractivity contribution in [3.05, 3.63) is 65.2 Å². The molecule has 2 aromatic rings. The zero-order valence-electron chi connectivity index (χ0n) is 15.0. The van der Waals surface area contributed by atoms with Crippen molar-refractivity contribution in [2.45, 2.75) is 23.7 Å². The Balaban J connectivity index is 1.73. The SMILES string of the molecule is CS(=O)(=O)c1ccc(C(=O)N2CCCC(c3ccc(C(=O)O)cc3)C2)cc1. The van der Waals surface area contributed by atoms with Crippen molar-refractivity contribution in [3.8, 4) is 0 Å². The summed E-state index contributed by atoms with van der Waals surface area (Å²) in [6.07, 6.45) is 2.93. The maximum absolute atomic E-state index is 12.8. The van der Waals surface area contributed by atoms with E-state index in [0.717, 1.165) is 24.7 Å². The lowest BCUT2D eigenvalue weighted by Crippen LogP contribution is -2.39. The van der Waals surface area contributed by atoms with E-state index in [4.69, 9.17) is 5.11 Å². The van der Waals surface area contributed by atoms with Gasteiger partial charge in [0.15, 0.2) is 9.84 Å². The largest absolute Gasteiger partial charge is 0.478 e. The normalized spacial score (nSPS) is 17.5. The maximum Gasteiger partial charge on any atom is 0.335 e. The number of carbonyl (C=O) groups excluding carboxylic acids is 1. The fourth-order valence-corrected chi connectivity index (χ4v) is 3.99. The quantitative estimate of drug-likeness (QED) is 0.871. The number of aromatic carboxylic acids is 1. The van der Waals surface area contributed by atoms with Gasteiger partial charge in [0.05, 0.1) is 10.5 Å². The molecule has 1 fully saturated rings. The number of hydrogen-bond acceptors (Lipinski definition) is 4. The molecule has 0 aromatic heterocycles. The number of carbonyl (C=O) groups is 2. The van der Waals surface area contributed by atoms with Crippen LogP contribution in [0.25, 0.3) is 0 Å². The molecule has 1 atom stereocenters.